The summed E-state index contributed by atoms with van der Waals surface area (Å²) in [6.07, 6.45) is 1.87. The second-order valence-corrected chi connectivity index (χ2v) is 7.50. The van der Waals surface area contributed by atoms with Crippen molar-refractivity contribution in [1.82, 2.24) is 9.62 Å². The third-order valence-electron chi connectivity index (χ3n) is 3.69. The van der Waals surface area contributed by atoms with Gasteiger partial charge in [-0.3, -0.25) is 4.79 Å². The first kappa shape index (κ1) is 16.8. The molecular formula is C15H22N2O4S. The number of nitrogens with zero attached hydrogens (tertiary/aromatic N) is 1. The molecule has 122 valence electrons. The lowest BCUT2D eigenvalue weighted by Gasteiger charge is -2.31. The van der Waals surface area contributed by atoms with E-state index in [2.05, 4.69) is 5.32 Å². The highest BCUT2D eigenvalue weighted by atomic mass is 32.2. The van der Waals surface area contributed by atoms with Crippen molar-refractivity contribution in [1.29, 1.82) is 0 Å². The molecule has 1 atom stereocenters. The van der Waals surface area contributed by atoms with Crippen molar-refractivity contribution in [3.05, 3.63) is 30.3 Å². The zero-order valence-corrected chi connectivity index (χ0v) is 13.7. The van der Waals surface area contributed by atoms with Crippen LogP contribution in [0.2, 0.25) is 0 Å². The van der Waals surface area contributed by atoms with E-state index in [1.54, 1.807) is 19.1 Å². The Morgan fingerprint density at radius 1 is 1.27 bits per heavy atom. The summed E-state index contributed by atoms with van der Waals surface area (Å²) in [6, 6.07) is 9.17. The molecule has 1 fully saturated rings. The highest BCUT2D eigenvalue weighted by Crippen LogP contribution is 2.14. The van der Waals surface area contributed by atoms with Crippen molar-refractivity contribution in [2.75, 3.05) is 19.3 Å². The summed E-state index contributed by atoms with van der Waals surface area (Å²) in [5, 5.41) is 2.93. The zero-order valence-electron chi connectivity index (χ0n) is 12.9. The largest absolute Gasteiger partial charge is 0.481 e. The van der Waals surface area contributed by atoms with E-state index in [9.17, 15) is 13.2 Å². The Morgan fingerprint density at radius 2 is 1.86 bits per heavy atom. The van der Waals surface area contributed by atoms with Crippen LogP contribution in [0.1, 0.15) is 19.8 Å². The Balaban J connectivity index is 1.80. The molecule has 0 bridgehead atoms. The van der Waals surface area contributed by atoms with Crippen LogP contribution < -0.4 is 10.1 Å². The molecule has 1 amide bonds. The normalized spacial score (nSPS) is 18.6. The number of rotatable bonds is 5. The van der Waals surface area contributed by atoms with Gasteiger partial charge in [-0.25, -0.2) is 12.7 Å². The first-order chi connectivity index (χ1) is 10.4. The summed E-state index contributed by atoms with van der Waals surface area (Å²) in [5.41, 5.74) is 0. The summed E-state index contributed by atoms with van der Waals surface area (Å²) in [7, 11) is -3.14. The summed E-state index contributed by atoms with van der Waals surface area (Å²) >= 11 is 0. The molecule has 1 aromatic rings. The second kappa shape index (κ2) is 7.11. The van der Waals surface area contributed by atoms with Gasteiger partial charge in [0.25, 0.3) is 5.91 Å². The molecule has 22 heavy (non-hydrogen) atoms. The van der Waals surface area contributed by atoms with E-state index in [4.69, 9.17) is 4.74 Å². The van der Waals surface area contributed by atoms with E-state index in [1.807, 2.05) is 18.2 Å². The van der Waals surface area contributed by atoms with Crippen molar-refractivity contribution in [2.45, 2.75) is 31.9 Å². The quantitative estimate of drug-likeness (QED) is 0.876. The topological polar surface area (TPSA) is 75.7 Å². The number of amides is 1. The fourth-order valence-corrected chi connectivity index (χ4v) is 3.28. The summed E-state index contributed by atoms with van der Waals surface area (Å²) in [6.45, 7) is 2.59. The van der Waals surface area contributed by atoms with Crippen molar-refractivity contribution < 1.29 is 17.9 Å². The number of sulfonamides is 1. The van der Waals surface area contributed by atoms with Gasteiger partial charge in [-0.05, 0) is 31.9 Å². The van der Waals surface area contributed by atoms with Gasteiger partial charge in [0.2, 0.25) is 10.0 Å². The van der Waals surface area contributed by atoms with Crippen LogP contribution in [0, 0.1) is 0 Å². The number of benzene rings is 1. The average Bonchev–Trinajstić information content (AvgIpc) is 2.48. The van der Waals surface area contributed by atoms with Crippen molar-refractivity contribution in [3.8, 4) is 5.75 Å². The van der Waals surface area contributed by atoms with Crippen LogP contribution in [0.3, 0.4) is 0 Å². The van der Waals surface area contributed by atoms with E-state index >= 15 is 0 Å². The molecule has 1 N–H and O–H groups in total. The maximum atomic E-state index is 12.1. The number of hydrogen-bond donors (Lipinski definition) is 1. The maximum Gasteiger partial charge on any atom is 0.260 e. The number of ether oxygens (including phenoxy) is 1. The molecule has 0 saturated carbocycles. The van der Waals surface area contributed by atoms with Crippen molar-refractivity contribution >= 4 is 15.9 Å². The number of carbonyl (C=O) groups excluding carboxylic acids is 1. The number of hydrogen-bond acceptors (Lipinski definition) is 4. The molecule has 0 spiro atoms. The molecule has 2 rings (SSSR count). The lowest BCUT2D eigenvalue weighted by molar-refractivity contribution is -0.128. The van der Waals surface area contributed by atoms with Gasteiger partial charge in [-0.15, -0.1) is 0 Å². The highest BCUT2D eigenvalue weighted by Gasteiger charge is 2.27. The van der Waals surface area contributed by atoms with Gasteiger partial charge in [0.15, 0.2) is 6.10 Å². The van der Waals surface area contributed by atoms with Gasteiger partial charge in [0, 0.05) is 19.1 Å². The van der Waals surface area contributed by atoms with Crippen molar-refractivity contribution in [2.24, 2.45) is 0 Å². The Labute approximate surface area is 131 Å². The standard InChI is InChI=1S/C15H22N2O4S/c1-12(21-14-6-4-3-5-7-14)15(18)16-13-8-10-17(11-9-13)22(2,19)20/h3-7,12-13H,8-11H2,1-2H3,(H,16,18)/t12-/m0/s1. The molecule has 1 aliphatic rings. The van der Waals surface area contributed by atoms with Gasteiger partial charge in [0.1, 0.15) is 5.75 Å². The first-order valence-electron chi connectivity index (χ1n) is 7.33. The smallest absolute Gasteiger partial charge is 0.260 e. The lowest BCUT2D eigenvalue weighted by Crippen LogP contribution is -2.49. The molecule has 0 aromatic heterocycles. The molecule has 7 heteroatoms. The second-order valence-electron chi connectivity index (χ2n) is 5.52. The van der Waals surface area contributed by atoms with Crippen LogP contribution in [0.15, 0.2) is 30.3 Å². The molecule has 6 nitrogen and oxygen atoms in total. The van der Waals surface area contributed by atoms with Crippen LogP contribution in [0.25, 0.3) is 0 Å². The van der Waals surface area contributed by atoms with Crippen LogP contribution in [-0.4, -0.2) is 50.1 Å². The minimum Gasteiger partial charge on any atom is -0.481 e. The molecule has 1 aliphatic heterocycles. The molecule has 0 unspecified atom stereocenters. The van der Waals surface area contributed by atoms with Gasteiger partial charge in [0.05, 0.1) is 6.26 Å². The van der Waals surface area contributed by atoms with E-state index in [0.717, 1.165) is 0 Å². The Morgan fingerprint density at radius 3 is 2.41 bits per heavy atom. The Kier molecular flexibility index (Phi) is 5.42. The molecular weight excluding hydrogens is 304 g/mol. The van der Waals surface area contributed by atoms with Gasteiger partial charge < -0.3 is 10.1 Å². The lowest BCUT2D eigenvalue weighted by atomic mass is 10.1. The highest BCUT2D eigenvalue weighted by molar-refractivity contribution is 7.88. The molecule has 1 aromatic carbocycles. The summed E-state index contributed by atoms with van der Waals surface area (Å²) < 4.78 is 29.9. The zero-order chi connectivity index (χ0) is 16.2. The maximum absolute atomic E-state index is 12.1. The first-order valence-corrected chi connectivity index (χ1v) is 9.18. The SMILES string of the molecule is C[C@H](Oc1ccccc1)C(=O)NC1CCN(S(C)(=O)=O)CC1. The molecule has 1 heterocycles. The summed E-state index contributed by atoms with van der Waals surface area (Å²) in [5.74, 6) is 0.471. The minimum absolute atomic E-state index is 0.00711. The van der Waals surface area contributed by atoms with E-state index in [0.29, 0.717) is 31.7 Å². The van der Waals surface area contributed by atoms with Crippen LogP contribution in [0.5, 0.6) is 5.75 Å². The fraction of sp³-hybridized carbons (Fsp3) is 0.533. The predicted octanol–water partition coefficient (Wildman–Crippen LogP) is 0.994. The van der Waals surface area contributed by atoms with Crippen molar-refractivity contribution in [3.63, 3.8) is 0 Å². The Bertz CT molecular complexity index is 595. The van der Waals surface area contributed by atoms with E-state index < -0.39 is 16.1 Å². The predicted molar refractivity (Wildman–Crippen MR) is 84.1 cm³/mol. The van der Waals surface area contributed by atoms with E-state index in [1.165, 1.54) is 10.6 Å². The van der Waals surface area contributed by atoms with Crippen LogP contribution in [-0.2, 0) is 14.8 Å². The molecule has 1 saturated heterocycles. The molecule has 0 radical (unpaired) electrons. The number of para-hydroxylation sites is 1. The Hall–Kier alpha value is -1.60. The number of carbonyl (C=O) groups is 1. The van der Waals surface area contributed by atoms with Gasteiger partial charge in [-0.2, -0.15) is 0 Å². The third kappa shape index (κ3) is 4.71. The van der Waals surface area contributed by atoms with Crippen LogP contribution >= 0.6 is 0 Å². The average molecular weight is 326 g/mol. The number of piperidine rings is 1. The van der Waals surface area contributed by atoms with Gasteiger partial charge >= 0.3 is 0 Å². The monoisotopic (exact) mass is 326 g/mol. The minimum atomic E-state index is -3.14. The number of nitrogens with one attached hydrogen (secondary N) is 1. The van der Waals surface area contributed by atoms with Crippen LogP contribution in [0.4, 0.5) is 0 Å². The molecule has 0 aliphatic carbocycles. The third-order valence-corrected chi connectivity index (χ3v) is 5.00. The fourth-order valence-electron chi connectivity index (χ4n) is 2.41. The van der Waals surface area contributed by atoms with E-state index in [-0.39, 0.29) is 11.9 Å². The summed E-state index contributed by atoms with van der Waals surface area (Å²) in [4.78, 5) is 12.1. The van der Waals surface area contributed by atoms with Gasteiger partial charge in [-0.1, -0.05) is 18.2 Å².